The summed E-state index contributed by atoms with van der Waals surface area (Å²) in [6.45, 7) is -0.317. The minimum absolute atomic E-state index is 0.0253. The van der Waals surface area contributed by atoms with E-state index in [9.17, 15) is 16.8 Å². The Bertz CT molecular complexity index is 409. The molecule has 1 saturated carbocycles. The van der Waals surface area contributed by atoms with Crippen molar-refractivity contribution in [2.24, 2.45) is 0 Å². The summed E-state index contributed by atoms with van der Waals surface area (Å²) >= 11 is 0. The summed E-state index contributed by atoms with van der Waals surface area (Å²) < 4.78 is 46.3. The molecular weight excluding hydrogens is 242 g/mol. The summed E-state index contributed by atoms with van der Waals surface area (Å²) in [6.07, 6.45) is 2.36. The minimum Gasteiger partial charge on any atom is -0.395 e. The van der Waals surface area contributed by atoms with E-state index < -0.39 is 24.9 Å². The fourth-order valence-corrected chi connectivity index (χ4v) is 5.08. The molecule has 0 aromatic heterocycles. The van der Waals surface area contributed by atoms with Crippen LogP contribution in [-0.4, -0.2) is 56.8 Å². The van der Waals surface area contributed by atoms with Gasteiger partial charge in [0.25, 0.3) is 0 Å². The van der Waals surface area contributed by atoms with Crippen LogP contribution in [0.25, 0.3) is 0 Å². The van der Waals surface area contributed by atoms with Crippen molar-refractivity contribution in [3.63, 3.8) is 0 Å². The monoisotopic (exact) mass is 257 g/mol. The molecule has 1 rings (SSSR count). The molecular formula is C7H15NO5S2. The Hall–Kier alpha value is -0.180. The van der Waals surface area contributed by atoms with Gasteiger partial charge in [0.05, 0.1) is 6.61 Å². The molecule has 0 aliphatic heterocycles. The second-order valence-corrected chi connectivity index (χ2v) is 8.15. The largest absolute Gasteiger partial charge is 0.395 e. The van der Waals surface area contributed by atoms with Crippen molar-refractivity contribution < 1.29 is 21.9 Å². The van der Waals surface area contributed by atoms with Crippen molar-refractivity contribution in [3.8, 4) is 0 Å². The van der Waals surface area contributed by atoms with Gasteiger partial charge in [-0.05, 0) is 12.8 Å². The van der Waals surface area contributed by atoms with E-state index in [1.54, 1.807) is 0 Å². The molecule has 0 bridgehead atoms. The molecule has 6 nitrogen and oxygen atoms in total. The number of aliphatic hydroxyl groups is 1. The normalized spacial score (nSPS) is 18.3. The maximum Gasteiger partial charge on any atom is 0.228 e. The second-order valence-electron chi connectivity index (χ2n) is 3.72. The van der Waals surface area contributed by atoms with Gasteiger partial charge in [-0.15, -0.1) is 0 Å². The van der Waals surface area contributed by atoms with Crippen LogP contribution in [0.3, 0.4) is 0 Å². The molecule has 0 spiro atoms. The van der Waals surface area contributed by atoms with Crippen LogP contribution in [0, 0.1) is 0 Å². The first kappa shape index (κ1) is 12.9. The third-order valence-corrected chi connectivity index (χ3v) is 6.09. The Balaban J connectivity index is 2.81. The highest BCUT2D eigenvalue weighted by Crippen LogP contribution is 2.29. The molecule has 0 radical (unpaired) electrons. The molecule has 0 aromatic rings. The summed E-state index contributed by atoms with van der Waals surface area (Å²) in [5.41, 5.74) is 0. The van der Waals surface area contributed by atoms with Gasteiger partial charge in [-0.3, -0.25) is 0 Å². The maximum atomic E-state index is 11.7. The molecule has 0 aromatic carbocycles. The van der Waals surface area contributed by atoms with Crippen molar-refractivity contribution in [3.05, 3.63) is 0 Å². The zero-order valence-electron chi connectivity index (χ0n) is 8.46. The number of nitrogens with zero attached hydrogens (tertiary/aromatic N) is 1. The Morgan fingerprint density at radius 2 is 1.80 bits per heavy atom. The van der Waals surface area contributed by atoms with Gasteiger partial charge in [-0.2, -0.15) is 4.31 Å². The lowest BCUT2D eigenvalue weighted by Crippen LogP contribution is -2.38. The van der Waals surface area contributed by atoms with Crippen molar-refractivity contribution in [1.82, 2.24) is 4.31 Å². The molecule has 0 amide bonds. The van der Waals surface area contributed by atoms with Gasteiger partial charge in [-0.25, -0.2) is 16.8 Å². The van der Waals surface area contributed by atoms with E-state index in [0.29, 0.717) is 0 Å². The van der Waals surface area contributed by atoms with E-state index in [2.05, 4.69) is 0 Å². The van der Waals surface area contributed by atoms with Crippen LogP contribution in [0.5, 0.6) is 0 Å². The third-order valence-electron chi connectivity index (χ3n) is 1.99. The minimum atomic E-state index is -3.79. The lowest BCUT2D eigenvalue weighted by atomic mass is 10.6. The van der Waals surface area contributed by atoms with E-state index >= 15 is 0 Å². The van der Waals surface area contributed by atoms with Crippen LogP contribution in [0.4, 0.5) is 0 Å². The van der Waals surface area contributed by atoms with Gasteiger partial charge in [0.2, 0.25) is 10.0 Å². The molecule has 0 atom stereocenters. The Labute approximate surface area is 89.9 Å². The highest BCUT2D eigenvalue weighted by Gasteiger charge is 2.38. The lowest BCUT2D eigenvalue weighted by molar-refractivity contribution is 0.251. The number of rotatable bonds is 6. The van der Waals surface area contributed by atoms with E-state index in [1.807, 2.05) is 0 Å². The van der Waals surface area contributed by atoms with Crippen molar-refractivity contribution in [2.45, 2.75) is 18.9 Å². The Morgan fingerprint density at radius 1 is 1.27 bits per heavy atom. The zero-order valence-corrected chi connectivity index (χ0v) is 10.1. The quantitative estimate of drug-likeness (QED) is 0.643. The SMILES string of the molecule is CS(=O)(=O)CS(=O)(=O)N(CCO)C1CC1. The Kier molecular flexibility index (Phi) is 3.75. The van der Waals surface area contributed by atoms with E-state index in [-0.39, 0.29) is 19.2 Å². The van der Waals surface area contributed by atoms with Crippen molar-refractivity contribution in [2.75, 3.05) is 24.5 Å². The molecule has 90 valence electrons. The van der Waals surface area contributed by atoms with Gasteiger partial charge in [-0.1, -0.05) is 0 Å². The summed E-state index contributed by atoms with van der Waals surface area (Å²) in [7, 11) is -7.36. The summed E-state index contributed by atoms with van der Waals surface area (Å²) in [4.78, 5) is 0. The molecule has 1 N–H and O–H groups in total. The van der Waals surface area contributed by atoms with Gasteiger partial charge < -0.3 is 5.11 Å². The first-order valence-electron chi connectivity index (χ1n) is 4.54. The molecule has 0 heterocycles. The highest BCUT2D eigenvalue weighted by molar-refractivity contribution is 8.06. The highest BCUT2D eigenvalue weighted by atomic mass is 32.3. The van der Waals surface area contributed by atoms with Crippen LogP contribution in [0.1, 0.15) is 12.8 Å². The average Bonchev–Trinajstić information content (AvgIpc) is 2.77. The van der Waals surface area contributed by atoms with E-state index in [0.717, 1.165) is 23.4 Å². The van der Waals surface area contributed by atoms with Crippen LogP contribution in [0.15, 0.2) is 0 Å². The summed E-state index contributed by atoms with van der Waals surface area (Å²) in [5.74, 6) is 0. The van der Waals surface area contributed by atoms with Crippen molar-refractivity contribution in [1.29, 1.82) is 0 Å². The third kappa shape index (κ3) is 4.06. The predicted molar refractivity (Wildman–Crippen MR) is 55.4 cm³/mol. The van der Waals surface area contributed by atoms with Crippen LogP contribution >= 0.6 is 0 Å². The van der Waals surface area contributed by atoms with Crippen molar-refractivity contribution >= 4 is 19.9 Å². The van der Waals surface area contributed by atoms with E-state index in [1.165, 1.54) is 0 Å². The molecule has 1 aliphatic rings. The van der Waals surface area contributed by atoms with Gasteiger partial charge in [0, 0.05) is 18.8 Å². The molecule has 1 aliphatic carbocycles. The number of sulfonamides is 1. The van der Waals surface area contributed by atoms with Gasteiger partial charge in [0.1, 0.15) is 0 Å². The lowest BCUT2D eigenvalue weighted by Gasteiger charge is -2.19. The summed E-state index contributed by atoms with van der Waals surface area (Å²) in [6, 6.07) is -0.121. The fourth-order valence-electron chi connectivity index (χ4n) is 1.35. The number of hydrogen-bond acceptors (Lipinski definition) is 5. The second kappa shape index (κ2) is 4.36. The number of aliphatic hydroxyl groups excluding tert-OH is 1. The first-order chi connectivity index (χ1) is 6.76. The molecule has 0 saturated heterocycles. The van der Waals surface area contributed by atoms with Crippen LogP contribution < -0.4 is 0 Å². The molecule has 0 unspecified atom stereocenters. The van der Waals surface area contributed by atoms with Gasteiger partial charge >= 0.3 is 0 Å². The molecule has 1 fully saturated rings. The zero-order chi connectivity index (χ0) is 11.7. The predicted octanol–water partition coefficient (Wildman–Crippen LogP) is -1.22. The standard InChI is InChI=1S/C7H15NO5S2/c1-14(10,11)6-15(12,13)8(4-5-9)7-2-3-7/h7,9H,2-6H2,1H3. The fraction of sp³-hybridized carbons (Fsp3) is 1.00. The first-order valence-corrected chi connectivity index (χ1v) is 8.21. The van der Waals surface area contributed by atoms with Gasteiger partial charge in [0.15, 0.2) is 14.9 Å². The topological polar surface area (TPSA) is 91.8 Å². The van der Waals surface area contributed by atoms with E-state index in [4.69, 9.17) is 5.11 Å². The molecule has 8 heteroatoms. The Morgan fingerprint density at radius 3 is 2.13 bits per heavy atom. The number of sulfone groups is 1. The maximum absolute atomic E-state index is 11.7. The molecule has 15 heavy (non-hydrogen) atoms. The number of hydrogen-bond donors (Lipinski definition) is 1. The average molecular weight is 257 g/mol. The smallest absolute Gasteiger partial charge is 0.228 e. The van der Waals surface area contributed by atoms with Crippen LogP contribution in [0.2, 0.25) is 0 Å². The summed E-state index contributed by atoms with van der Waals surface area (Å²) in [5, 5.41) is 7.84. The van der Waals surface area contributed by atoms with Crippen LogP contribution in [-0.2, 0) is 19.9 Å².